The molecule has 0 spiro atoms. The minimum Gasteiger partial charge on any atom is -0.494 e. The van der Waals surface area contributed by atoms with Gasteiger partial charge in [0.15, 0.2) is 0 Å². The molecule has 4 heteroatoms. The van der Waals surface area contributed by atoms with Gasteiger partial charge in [0.05, 0.1) is 19.1 Å². The largest absolute Gasteiger partial charge is 0.494 e. The van der Waals surface area contributed by atoms with Gasteiger partial charge in [-0.25, -0.2) is 0 Å². The summed E-state index contributed by atoms with van der Waals surface area (Å²) in [6.45, 7) is 2.71. The summed E-state index contributed by atoms with van der Waals surface area (Å²) in [5.74, 6) is 0.592. The SMILES string of the molecule is CCCOc1ccc(C(=O)Nc2ccc(CC#N)cc2)cc1. The molecule has 0 fully saturated rings. The third kappa shape index (κ3) is 4.35. The number of anilines is 1. The molecule has 2 aromatic rings. The van der Waals surface area contributed by atoms with Crippen LogP contribution in [0.1, 0.15) is 29.3 Å². The van der Waals surface area contributed by atoms with Crippen LogP contribution >= 0.6 is 0 Å². The molecule has 4 nitrogen and oxygen atoms in total. The Balaban J connectivity index is 1.98. The topological polar surface area (TPSA) is 62.1 Å². The van der Waals surface area contributed by atoms with Crippen molar-refractivity contribution in [1.29, 1.82) is 5.26 Å². The summed E-state index contributed by atoms with van der Waals surface area (Å²) < 4.78 is 5.49. The molecule has 0 atom stereocenters. The fraction of sp³-hybridized carbons (Fsp3) is 0.222. The van der Waals surface area contributed by atoms with Crippen molar-refractivity contribution in [2.24, 2.45) is 0 Å². The summed E-state index contributed by atoms with van der Waals surface area (Å²) in [6.07, 6.45) is 1.32. The van der Waals surface area contributed by atoms with Gasteiger partial charge in [-0.3, -0.25) is 4.79 Å². The average Bonchev–Trinajstić information content (AvgIpc) is 2.55. The number of carbonyl (C=O) groups excluding carboxylic acids is 1. The van der Waals surface area contributed by atoms with Crippen molar-refractivity contribution in [3.8, 4) is 11.8 Å². The van der Waals surface area contributed by atoms with Gasteiger partial charge in [0.2, 0.25) is 0 Å². The van der Waals surface area contributed by atoms with Gasteiger partial charge in [0.25, 0.3) is 5.91 Å². The van der Waals surface area contributed by atoms with Crippen molar-refractivity contribution in [3.63, 3.8) is 0 Å². The molecule has 2 rings (SSSR count). The minimum absolute atomic E-state index is 0.171. The molecule has 0 aliphatic carbocycles. The first-order valence-electron chi connectivity index (χ1n) is 7.23. The first kappa shape index (κ1) is 15.6. The zero-order chi connectivity index (χ0) is 15.8. The van der Waals surface area contributed by atoms with Gasteiger partial charge in [0, 0.05) is 11.3 Å². The van der Waals surface area contributed by atoms with E-state index < -0.39 is 0 Å². The smallest absolute Gasteiger partial charge is 0.255 e. The highest BCUT2D eigenvalue weighted by molar-refractivity contribution is 6.04. The Bertz CT molecular complexity index is 655. The lowest BCUT2D eigenvalue weighted by atomic mass is 10.1. The summed E-state index contributed by atoms with van der Waals surface area (Å²) in [7, 11) is 0. The zero-order valence-corrected chi connectivity index (χ0v) is 12.5. The molecule has 0 radical (unpaired) electrons. The molecule has 0 aromatic heterocycles. The van der Waals surface area contributed by atoms with Crippen LogP contribution in [0.3, 0.4) is 0 Å². The van der Waals surface area contributed by atoms with Crippen molar-refractivity contribution in [2.45, 2.75) is 19.8 Å². The van der Waals surface area contributed by atoms with Gasteiger partial charge in [-0.1, -0.05) is 19.1 Å². The maximum atomic E-state index is 12.1. The van der Waals surface area contributed by atoms with E-state index in [9.17, 15) is 4.79 Å². The molecule has 0 heterocycles. The van der Waals surface area contributed by atoms with E-state index >= 15 is 0 Å². The van der Waals surface area contributed by atoms with Crippen molar-refractivity contribution >= 4 is 11.6 Å². The molecule has 0 saturated heterocycles. The second kappa shape index (κ2) is 7.84. The van der Waals surface area contributed by atoms with Gasteiger partial charge < -0.3 is 10.1 Å². The number of hydrogen-bond acceptors (Lipinski definition) is 3. The van der Waals surface area contributed by atoms with Crippen LogP contribution in [0, 0.1) is 11.3 Å². The second-order valence-corrected chi connectivity index (χ2v) is 4.86. The number of nitrogens with one attached hydrogen (secondary N) is 1. The molecule has 0 unspecified atom stereocenters. The van der Waals surface area contributed by atoms with Crippen molar-refractivity contribution in [1.82, 2.24) is 0 Å². The molecule has 112 valence electrons. The number of nitriles is 1. The standard InChI is InChI=1S/C18H18N2O2/c1-2-13-22-17-9-5-15(6-10-17)18(21)20-16-7-3-14(4-8-16)11-12-19/h3-10H,2,11,13H2,1H3,(H,20,21). The predicted molar refractivity (Wildman–Crippen MR) is 85.9 cm³/mol. The summed E-state index contributed by atoms with van der Waals surface area (Å²) in [4.78, 5) is 12.1. The number of nitrogens with zero attached hydrogens (tertiary/aromatic N) is 1. The number of rotatable bonds is 6. The third-order valence-electron chi connectivity index (χ3n) is 3.08. The minimum atomic E-state index is -0.171. The Labute approximate surface area is 130 Å². The number of hydrogen-bond donors (Lipinski definition) is 1. The molecule has 0 aliphatic rings. The normalized spacial score (nSPS) is 9.82. The summed E-state index contributed by atoms with van der Waals surface area (Å²) >= 11 is 0. The maximum absolute atomic E-state index is 12.1. The Morgan fingerprint density at radius 3 is 2.41 bits per heavy atom. The van der Waals surface area contributed by atoms with Gasteiger partial charge in [0.1, 0.15) is 5.75 Å². The van der Waals surface area contributed by atoms with Crippen molar-refractivity contribution in [3.05, 3.63) is 59.7 Å². The van der Waals surface area contributed by atoms with Crippen LogP contribution in [0.5, 0.6) is 5.75 Å². The molecular weight excluding hydrogens is 276 g/mol. The van der Waals surface area contributed by atoms with E-state index in [2.05, 4.69) is 11.4 Å². The summed E-state index contributed by atoms with van der Waals surface area (Å²) in [5.41, 5.74) is 2.21. The second-order valence-electron chi connectivity index (χ2n) is 4.86. The molecular formula is C18H18N2O2. The van der Waals surface area contributed by atoms with Crippen LogP contribution in [-0.2, 0) is 6.42 Å². The van der Waals surface area contributed by atoms with Crippen LogP contribution in [0.2, 0.25) is 0 Å². The van der Waals surface area contributed by atoms with Crippen LogP contribution in [0.15, 0.2) is 48.5 Å². The molecule has 22 heavy (non-hydrogen) atoms. The van der Waals surface area contributed by atoms with Crippen molar-refractivity contribution in [2.75, 3.05) is 11.9 Å². The Morgan fingerprint density at radius 2 is 1.82 bits per heavy atom. The van der Waals surface area contributed by atoms with Gasteiger partial charge in [-0.15, -0.1) is 0 Å². The highest BCUT2D eigenvalue weighted by Crippen LogP contribution is 2.15. The first-order chi connectivity index (χ1) is 10.7. The van der Waals surface area contributed by atoms with E-state index in [0.717, 1.165) is 17.7 Å². The van der Waals surface area contributed by atoms with Gasteiger partial charge in [-0.05, 0) is 48.4 Å². The van der Waals surface area contributed by atoms with E-state index in [1.807, 2.05) is 19.1 Å². The monoisotopic (exact) mass is 294 g/mol. The van der Waals surface area contributed by atoms with Crippen LogP contribution < -0.4 is 10.1 Å². The fourth-order valence-corrected chi connectivity index (χ4v) is 1.92. The number of benzene rings is 2. The van der Waals surface area contributed by atoms with Gasteiger partial charge in [-0.2, -0.15) is 5.26 Å². The van der Waals surface area contributed by atoms with E-state index in [1.54, 1.807) is 36.4 Å². The van der Waals surface area contributed by atoms with Crippen LogP contribution in [0.4, 0.5) is 5.69 Å². The average molecular weight is 294 g/mol. The molecule has 0 bridgehead atoms. The van der Waals surface area contributed by atoms with Crippen LogP contribution in [0.25, 0.3) is 0 Å². The lowest BCUT2D eigenvalue weighted by Crippen LogP contribution is -2.11. The molecule has 1 amide bonds. The lowest BCUT2D eigenvalue weighted by molar-refractivity contribution is 0.102. The number of carbonyl (C=O) groups is 1. The number of ether oxygens (including phenoxy) is 1. The Kier molecular flexibility index (Phi) is 5.56. The maximum Gasteiger partial charge on any atom is 0.255 e. The zero-order valence-electron chi connectivity index (χ0n) is 12.5. The van der Waals surface area contributed by atoms with E-state index in [0.29, 0.717) is 24.3 Å². The lowest BCUT2D eigenvalue weighted by Gasteiger charge is -2.07. The molecule has 0 aliphatic heterocycles. The van der Waals surface area contributed by atoms with Gasteiger partial charge >= 0.3 is 0 Å². The Morgan fingerprint density at radius 1 is 1.14 bits per heavy atom. The van der Waals surface area contributed by atoms with E-state index in [4.69, 9.17) is 10.00 Å². The summed E-state index contributed by atoms with van der Waals surface area (Å²) in [5, 5.41) is 11.5. The molecule has 1 N–H and O–H groups in total. The van der Waals surface area contributed by atoms with E-state index in [-0.39, 0.29) is 5.91 Å². The Hall–Kier alpha value is -2.80. The molecule has 2 aromatic carbocycles. The predicted octanol–water partition coefficient (Wildman–Crippen LogP) is 3.79. The third-order valence-corrected chi connectivity index (χ3v) is 3.08. The van der Waals surface area contributed by atoms with E-state index in [1.165, 1.54) is 0 Å². The summed E-state index contributed by atoms with van der Waals surface area (Å²) in [6, 6.07) is 16.4. The molecule has 0 saturated carbocycles. The highest BCUT2D eigenvalue weighted by atomic mass is 16.5. The van der Waals surface area contributed by atoms with Crippen LogP contribution in [-0.4, -0.2) is 12.5 Å². The first-order valence-corrected chi connectivity index (χ1v) is 7.23. The number of amides is 1. The highest BCUT2D eigenvalue weighted by Gasteiger charge is 2.06. The quantitative estimate of drug-likeness (QED) is 0.881. The fourth-order valence-electron chi connectivity index (χ4n) is 1.92. The van der Waals surface area contributed by atoms with Crippen molar-refractivity contribution < 1.29 is 9.53 Å².